The summed E-state index contributed by atoms with van der Waals surface area (Å²) < 4.78 is 4.88. The Balaban J connectivity index is 1.17. The zero-order valence-electron chi connectivity index (χ0n) is 30.3. The first-order valence-electron chi connectivity index (χ1n) is 18.7. The summed E-state index contributed by atoms with van der Waals surface area (Å²) in [7, 11) is 0. The lowest BCUT2D eigenvalue weighted by molar-refractivity contribution is 0.333. The predicted octanol–water partition coefficient (Wildman–Crippen LogP) is 13.6. The summed E-state index contributed by atoms with van der Waals surface area (Å²) in [4.78, 5) is 0. The SMILES string of the molecule is CC1(C)CCC(C)(C)c2c(-c3cccc(-n4c5ccccc5c5ccc(-c6ccc7c8ccccc8n(-c8ccccc8)c7c6)cc54)c3)cccc21. The van der Waals surface area contributed by atoms with E-state index in [0.717, 1.165) is 0 Å². The van der Waals surface area contributed by atoms with Gasteiger partial charge in [0.25, 0.3) is 0 Å². The van der Waals surface area contributed by atoms with Crippen molar-refractivity contribution in [1.82, 2.24) is 9.13 Å². The summed E-state index contributed by atoms with van der Waals surface area (Å²) in [6, 6.07) is 58.5. The fourth-order valence-corrected chi connectivity index (χ4v) is 9.22. The average Bonchev–Trinajstić information content (AvgIpc) is 3.69. The molecule has 0 fully saturated rings. The van der Waals surface area contributed by atoms with Crippen LogP contribution in [0.5, 0.6) is 0 Å². The van der Waals surface area contributed by atoms with Crippen molar-refractivity contribution in [2.24, 2.45) is 0 Å². The molecule has 0 saturated carbocycles. The number of hydrogen-bond acceptors (Lipinski definition) is 0. The van der Waals surface area contributed by atoms with E-state index < -0.39 is 0 Å². The van der Waals surface area contributed by atoms with Crippen molar-refractivity contribution in [2.75, 3.05) is 0 Å². The van der Waals surface area contributed by atoms with Gasteiger partial charge < -0.3 is 9.13 Å². The lowest BCUT2D eigenvalue weighted by Gasteiger charge is -2.43. The molecular formula is C50H42N2. The van der Waals surface area contributed by atoms with Gasteiger partial charge in [0, 0.05) is 32.9 Å². The van der Waals surface area contributed by atoms with Gasteiger partial charge in [-0.05, 0) is 106 Å². The number of nitrogens with zero attached hydrogens (tertiary/aromatic N) is 2. The third-order valence-electron chi connectivity index (χ3n) is 12.0. The molecule has 7 aromatic carbocycles. The Morgan fingerprint density at radius 3 is 1.56 bits per heavy atom. The van der Waals surface area contributed by atoms with Gasteiger partial charge >= 0.3 is 0 Å². The fourth-order valence-electron chi connectivity index (χ4n) is 9.22. The van der Waals surface area contributed by atoms with E-state index >= 15 is 0 Å². The molecular weight excluding hydrogens is 629 g/mol. The smallest absolute Gasteiger partial charge is 0.0547 e. The average molecular weight is 671 g/mol. The van der Waals surface area contributed by atoms with Gasteiger partial charge in [0.15, 0.2) is 0 Å². The number of aromatic nitrogens is 2. The predicted molar refractivity (Wildman–Crippen MR) is 221 cm³/mol. The molecule has 2 heterocycles. The van der Waals surface area contributed by atoms with Crippen LogP contribution in [0, 0.1) is 0 Å². The normalized spacial score (nSPS) is 15.1. The Morgan fingerprint density at radius 2 is 0.904 bits per heavy atom. The Bertz CT molecular complexity index is 2840. The van der Waals surface area contributed by atoms with Crippen LogP contribution in [0.3, 0.4) is 0 Å². The van der Waals surface area contributed by atoms with E-state index in [-0.39, 0.29) is 10.8 Å². The molecule has 1 aliphatic rings. The Hall–Kier alpha value is -5.86. The van der Waals surface area contributed by atoms with E-state index in [1.165, 1.54) is 101 Å². The Morgan fingerprint density at radius 1 is 0.385 bits per heavy atom. The lowest BCUT2D eigenvalue weighted by atomic mass is 9.61. The van der Waals surface area contributed by atoms with Crippen molar-refractivity contribution in [3.8, 4) is 33.6 Å². The Labute approximate surface area is 305 Å². The minimum absolute atomic E-state index is 0.118. The molecule has 252 valence electrons. The number of rotatable bonds is 4. The van der Waals surface area contributed by atoms with E-state index in [1.807, 2.05) is 0 Å². The van der Waals surface area contributed by atoms with Crippen LogP contribution in [0.2, 0.25) is 0 Å². The van der Waals surface area contributed by atoms with Gasteiger partial charge in [-0.1, -0.05) is 137 Å². The molecule has 0 atom stereocenters. The van der Waals surface area contributed by atoms with Gasteiger partial charge in [-0.2, -0.15) is 0 Å². The third-order valence-corrected chi connectivity index (χ3v) is 12.0. The highest BCUT2D eigenvalue weighted by Crippen LogP contribution is 2.49. The fraction of sp³-hybridized carbons (Fsp3) is 0.160. The number of hydrogen-bond donors (Lipinski definition) is 0. The van der Waals surface area contributed by atoms with Crippen LogP contribution < -0.4 is 0 Å². The highest BCUT2D eigenvalue weighted by Gasteiger charge is 2.38. The largest absolute Gasteiger partial charge is 0.309 e. The molecule has 0 saturated heterocycles. The van der Waals surface area contributed by atoms with Crippen LogP contribution in [0.1, 0.15) is 51.7 Å². The van der Waals surface area contributed by atoms with Crippen LogP contribution in [0.15, 0.2) is 158 Å². The zero-order chi connectivity index (χ0) is 35.2. The van der Waals surface area contributed by atoms with Gasteiger partial charge in [-0.3, -0.25) is 0 Å². The molecule has 9 aromatic rings. The molecule has 0 bridgehead atoms. The zero-order valence-corrected chi connectivity index (χ0v) is 30.3. The summed E-state index contributed by atoms with van der Waals surface area (Å²) in [6.45, 7) is 9.69. The number of para-hydroxylation sites is 3. The molecule has 2 heteroatoms. The highest BCUT2D eigenvalue weighted by atomic mass is 15.0. The number of fused-ring (bicyclic) bond motifs is 7. The molecule has 1 aliphatic carbocycles. The van der Waals surface area contributed by atoms with E-state index in [2.05, 4.69) is 195 Å². The second-order valence-electron chi connectivity index (χ2n) is 16.1. The quantitative estimate of drug-likeness (QED) is 0.176. The summed E-state index contributed by atoms with van der Waals surface area (Å²) in [5, 5.41) is 5.08. The van der Waals surface area contributed by atoms with Crippen LogP contribution >= 0.6 is 0 Å². The van der Waals surface area contributed by atoms with Gasteiger partial charge in [0.05, 0.1) is 22.1 Å². The van der Waals surface area contributed by atoms with Crippen molar-refractivity contribution in [3.63, 3.8) is 0 Å². The minimum Gasteiger partial charge on any atom is -0.309 e. The van der Waals surface area contributed by atoms with Crippen molar-refractivity contribution < 1.29 is 0 Å². The van der Waals surface area contributed by atoms with Gasteiger partial charge in [0.1, 0.15) is 0 Å². The Kier molecular flexibility index (Phi) is 6.73. The topological polar surface area (TPSA) is 9.86 Å². The van der Waals surface area contributed by atoms with Gasteiger partial charge in [-0.25, -0.2) is 0 Å². The molecule has 52 heavy (non-hydrogen) atoms. The summed E-state index contributed by atoms with van der Waals surface area (Å²) >= 11 is 0. The van der Waals surface area contributed by atoms with E-state index in [9.17, 15) is 0 Å². The molecule has 0 aliphatic heterocycles. The van der Waals surface area contributed by atoms with Crippen molar-refractivity contribution in [1.29, 1.82) is 0 Å². The molecule has 0 N–H and O–H groups in total. The summed E-state index contributed by atoms with van der Waals surface area (Å²) in [5.41, 5.74) is 15.6. The molecule has 0 spiro atoms. The van der Waals surface area contributed by atoms with Crippen molar-refractivity contribution in [3.05, 3.63) is 169 Å². The van der Waals surface area contributed by atoms with Gasteiger partial charge in [-0.15, -0.1) is 0 Å². The van der Waals surface area contributed by atoms with Crippen LogP contribution in [-0.4, -0.2) is 9.13 Å². The lowest BCUT2D eigenvalue weighted by Crippen LogP contribution is -2.34. The summed E-state index contributed by atoms with van der Waals surface area (Å²) in [6.07, 6.45) is 2.40. The monoisotopic (exact) mass is 670 g/mol. The maximum atomic E-state index is 2.47. The standard InChI is InChI=1S/C50H42N2/c1-49(2)28-29-50(3,4)48-38(20-13-21-43(48)49)35-14-12-17-37(30-35)52-45-23-11-9-19-40(45)42-27-25-34(32-47(42)52)33-24-26-41-39-18-8-10-22-44(39)51(46(41)31-33)36-15-6-5-7-16-36/h5-27,30-32H,28-29H2,1-4H3. The first-order valence-corrected chi connectivity index (χ1v) is 18.7. The first-order chi connectivity index (χ1) is 25.3. The number of benzene rings is 7. The molecule has 10 rings (SSSR count). The van der Waals surface area contributed by atoms with Crippen LogP contribution in [0.25, 0.3) is 77.2 Å². The molecule has 0 unspecified atom stereocenters. The highest BCUT2D eigenvalue weighted by molar-refractivity contribution is 6.12. The maximum absolute atomic E-state index is 2.47. The molecule has 0 amide bonds. The molecule has 0 radical (unpaired) electrons. The summed E-state index contributed by atoms with van der Waals surface area (Å²) in [5.74, 6) is 0. The minimum atomic E-state index is 0.118. The van der Waals surface area contributed by atoms with Crippen molar-refractivity contribution in [2.45, 2.75) is 51.4 Å². The van der Waals surface area contributed by atoms with Gasteiger partial charge in [0.2, 0.25) is 0 Å². The first kappa shape index (κ1) is 30.9. The molecule has 2 aromatic heterocycles. The van der Waals surface area contributed by atoms with E-state index in [0.29, 0.717) is 0 Å². The maximum Gasteiger partial charge on any atom is 0.0547 e. The third kappa shape index (κ3) is 4.63. The second-order valence-corrected chi connectivity index (χ2v) is 16.1. The second kappa shape index (κ2) is 11.3. The van der Waals surface area contributed by atoms with E-state index in [1.54, 1.807) is 0 Å². The van der Waals surface area contributed by atoms with Crippen molar-refractivity contribution >= 4 is 43.6 Å². The van der Waals surface area contributed by atoms with E-state index in [4.69, 9.17) is 0 Å². The molecule has 2 nitrogen and oxygen atoms in total. The van der Waals surface area contributed by atoms with Crippen LogP contribution in [0.4, 0.5) is 0 Å². The van der Waals surface area contributed by atoms with Crippen LogP contribution in [-0.2, 0) is 10.8 Å².